The molecule has 3 rings (SSSR count). The van der Waals surface area contributed by atoms with Gasteiger partial charge >= 0.3 is 5.69 Å². The van der Waals surface area contributed by atoms with E-state index in [-0.39, 0.29) is 11.4 Å². The van der Waals surface area contributed by atoms with Crippen LogP contribution in [0, 0.1) is 34.1 Å². The molecule has 0 unspecified atom stereocenters. The maximum Gasteiger partial charge on any atom is 0.301 e. The number of nitro groups is 2. The van der Waals surface area contributed by atoms with Gasteiger partial charge in [0.2, 0.25) is 0 Å². The fourth-order valence-corrected chi connectivity index (χ4v) is 2.81. The minimum atomic E-state index is -0.694. The molecule has 0 aliphatic rings. The van der Waals surface area contributed by atoms with E-state index in [4.69, 9.17) is 4.42 Å². The molecule has 0 radical (unpaired) electrons. The molecule has 0 aliphatic carbocycles. The lowest BCUT2D eigenvalue weighted by atomic mass is 10.2. The van der Waals surface area contributed by atoms with Crippen molar-refractivity contribution in [2.75, 3.05) is 5.43 Å². The summed E-state index contributed by atoms with van der Waals surface area (Å²) in [6.45, 7) is 4.48. The average molecular weight is 383 g/mol. The first-order chi connectivity index (χ1) is 13.4. The monoisotopic (exact) mass is 383 g/mol. The zero-order valence-electron chi connectivity index (χ0n) is 15.2. The van der Waals surface area contributed by atoms with E-state index in [0.29, 0.717) is 6.54 Å². The number of hydrazone groups is 1. The van der Waals surface area contributed by atoms with Crippen LogP contribution in [0.4, 0.5) is 17.1 Å². The van der Waals surface area contributed by atoms with Crippen LogP contribution in [0.25, 0.3) is 0 Å². The van der Waals surface area contributed by atoms with E-state index in [1.807, 2.05) is 32.0 Å². The second-order valence-corrected chi connectivity index (χ2v) is 6.08. The molecule has 2 heterocycles. The summed E-state index contributed by atoms with van der Waals surface area (Å²) in [6.07, 6.45) is 3.17. The number of hydrogen-bond acceptors (Lipinski definition) is 7. The molecule has 0 aliphatic heterocycles. The van der Waals surface area contributed by atoms with Gasteiger partial charge in [0.25, 0.3) is 5.69 Å². The maximum atomic E-state index is 11.2. The molecule has 10 heteroatoms. The Labute approximate surface area is 159 Å². The first-order valence-corrected chi connectivity index (χ1v) is 8.28. The third-order valence-corrected chi connectivity index (χ3v) is 4.28. The molecule has 0 atom stereocenters. The molecule has 0 bridgehead atoms. The lowest BCUT2D eigenvalue weighted by Crippen LogP contribution is -2.03. The zero-order chi connectivity index (χ0) is 20.3. The Morgan fingerprint density at radius 1 is 1.18 bits per heavy atom. The fourth-order valence-electron chi connectivity index (χ4n) is 2.81. The van der Waals surface area contributed by atoms with Gasteiger partial charge < -0.3 is 8.98 Å². The number of nitro benzene ring substituents is 2. The van der Waals surface area contributed by atoms with Crippen molar-refractivity contribution >= 4 is 23.3 Å². The van der Waals surface area contributed by atoms with Crippen molar-refractivity contribution in [3.63, 3.8) is 0 Å². The predicted octanol–water partition coefficient (Wildman–Crippen LogP) is 4.01. The standard InChI is InChI=1S/C18H17N5O5/c1-12-8-14(13(2)21(12)11-16-4-3-7-28-16)10-19-20-17-6-5-15(22(24)25)9-18(17)23(26)27/h3-10,20H,11H2,1-2H3/b19-10+. The van der Waals surface area contributed by atoms with E-state index >= 15 is 0 Å². The van der Waals surface area contributed by atoms with Crippen molar-refractivity contribution in [2.24, 2.45) is 5.10 Å². The Morgan fingerprint density at radius 3 is 2.61 bits per heavy atom. The highest BCUT2D eigenvalue weighted by atomic mass is 16.6. The largest absolute Gasteiger partial charge is 0.467 e. The van der Waals surface area contributed by atoms with Crippen molar-refractivity contribution in [3.8, 4) is 0 Å². The summed E-state index contributed by atoms with van der Waals surface area (Å²) in [5.41, 5.74) is 4.68. The molecule has 10 nitrogen and oxygen atoms in total. The van der Waals surface area contributed by atoms with Gasteiger partial charge in [-0.3, -0.25) is 25.7 Å². The van der Waals surface area contributed by atoms with Crippen LogP contribution >= 0.6 is 0 Å². The van der Waals surface area contributed by atoms with E-state index in [1.54, 1.807) is 12.5 Å². The van der Waals surface area contributed by atoms with Gasteiger partial charge in [0, 0.05) is 23.0 Å². The Hall–Kier alpha value is -3.95. The molecule has 0 saturated heterocycles. The lowest BCUT2D eigenvalue weighted by molar-refractivity contribution is -0.393. The second kappa shape index (κ2) is 7.74. The number of hydrogen-bond donors (Lipinski definition) is 1. The molecule has 0 amide bonds. The van der Waals surface area contributed by atoms with Crippen molar-refractivity contribution in [1.29, 1.82) is 0 Å². The molecule has 1 N–H and O–H groups in total. The molecule has 144 valence electrons. The number of rotatable bonds is 7. The van der Waals surface area contributed by atoms with Crippen LogP contribution in [0.5, 0.6) is 0 Å². The van der Waals surface area contributed by atoms with Crippen LogP contribution in [0.15, 0.2) is 52.2 Å². The molecular formula is C18H17N5O5. The normalized spacial score (nSPS) is 11.1. The maximum absolute atomic E-state index is 11.2. The van der Waals surface area contributed by atoms with Crippen molar-refractivity contribution in [2.45, 2.75) is 20.4 Å². The smallest absolute Gasteiger partial charge is 0.301 e. The minimum Gasteiger partial charge on any atom is -0.467 e. The molecular weight excluding hydrogens is 366 g/mol. The van der Waals surface area contributed by atoms with E-state index < -0.39 is 15.5 Å². The number of aromatic nitrogens is 1. The summed E-state index contributed by atoms with van der Waals surface area (Å²) in [6, 6.07) is 8.99. The van der Waals surface area contributed by atoms with Crippen LogP contribution in [0.1, 0.15) is 22.7 Å². The van der Waals surface area contributed by atoms with Gasteiger partial charge in [0.05, 0.1) is 34.9 Å². The molecule has 0 fully saturated rings. The van der Waals surface area contributed by atoms with Gasteiger partial charge in [-0.15, -0.1) is 0 Å². The topological polar surface area (TPSA) is 129 Å². The van der Waals surface area contributed by atoms with Crippen LogP contribution in [-0.4, -0.2) is 20.6 Å². The highest BCUT2D eigenvalue weighted by molar-refractivity contribution is 5.82. The summed E-state index contributed by atoms with van der Waals surface area (Å²) in [5, 5.41) is 26.0. The van der Waals surface area contributed by atoms with Gasteiger partial charge in [-0.2, -0.15) is 5.10 Å². The molecule has 0 saturated carbocycles. The average Bonchev–Trinajstić information content (AvgIpc) is 3.26. The number of benzene rings is 1. The van der Waals surface area contributed by atoms with Crippen LogP contribution in [-0.2, 0) is 6.54 Å². The van der Waals surface area contributed by atoms with Crippen molar-refractivity contribution in [3.05, 3.63) is 85.6 Å². The van der Waals surface area contributed by atoms with Crippen LogP contribution in [0.2, 0.25) is 0 Å². The fraction of sp³-hybridized carbons (Fsp3) is 0.167. The number of furan rings is 1. The summed E-state index contributed by atoms with van der Waals surface area (Å²) in [4.78, 5) is 20.6. The van der Waals surface area contributed by atoms with E-state index in [1.165, 1.54) is 12.1 Å². The van der Waals surface area contributed by atoms with Crippen molar-refractivity contribution < 1.29 is 14.3 Å². The Kier molecular flexibility index (Phi) is 5.21. The Bertz CT molecular complexity index is 1050. The lowest BCUT2D eigenvalue weighted by Gasteiger charge is -2.07. The summed E-state index contributed by atoms with van der Waals surface area (Å²) < 4.78 is 7.44. The zero-order valence-corrected chi connectivity index (χ0v) is 15.2. The number of non-ortho nitro benzene ring substituents is 1. The van der Waals surface area contributed by atoms with Gasteiger partial charge in [-0.05, 0) is 38.1 Å². The van der Waals surface area contributed by atoms with Crippen LogP contribution in [0.3, 0.4) is 0 Å². The third-order valence-electron chi connectivity index (χ3n) is 4.28. The van der Waals surface area contributed by atoms with E-state index in [0.717, 1.165) is 28.8 Å². The number of nitrogens with zero attached hydrogens (tertiary/aromatic N) is 4. The summed E-state index contributed by atoms with van der Waals surface area (Å²) in [7, 11) is 0. The van der Waals surface area contributed by atoms with Gasteiger partial charge in [0.15, 0.2) is 0 Å². The second-order valence-electron chi connectivity index (χ2n) is 6.08. The summed E-state index contributed by atoms with van der Waals surface area (Å²) >= 11 is 0. The number of anilines is 1. The first-order valence-electron chi connectivity index (χ1n) is 8.28. The molecule has 0 spiro atoms. The van der Waals surface area contributed by atoms with Crippen LogP contribution < -0.4 is 5.43 Å². The summed E-state index contributed by atoms with van der Waals surface area (Å²) in [5.74, 6) is 0.824. The Morgan fingerprint density at radius 2 is 1.96 bits per heavy atom. The molecule has 3 aromatic rings. The minimum absolute atomic E-state index is 0.0660. The highest BCUT2D eigenvalue weighted by Gasteiger charge is 2.19. The predicted molar refractivity (Wildman–Crippen MR) is 103 cm³/mol. The third kappa shape index (κ3) is 3.90. The van der Waals surface area contributed by atoms with E-state index in [9.17, 15) is 20.2 Å². The Balaban J connectivity index is 1.80. The van der Waals surface area contributed by atoms with Crippen molar-refractivity contribution in [1.82, 2.24) is 4.57 Å². The molecule has 28 heavy (non-hydrogen) atoms. The van der Waals surface area contributed by atoms with Gasteiger partial charge in [-0.25, -0.2) is 0 Å². The van der Waals surface area contributed by atoms with Gasteiger partial charge in [0.1, 0.15) is 11.4 Å². The van der Waals surface area contributed by atoms with E-state index in [2.05, 4.69) is 15.1 Å². The number of aryl methyl sites for hydroxylation is 1. The molecule has 1 aromatic carbocycles. The SMILES string of the molecule is Cc1cc(/C=N/Nc2ccc([N+](=O)[O-])cc2[N+](=O)[O-])c(C)n1Cc1ccco1. The number of nitrogens with one attached hydrogen (secondary N) is 1. The highest BCUT2D eigenvalue weighted by Crippen LogP contribution is 2.29. The molecule has 2 aromatic heterocycles. The quantitative estimate of drug-likeness (QED) is 0.373. The first kappa shape index (κ1) is 18.8. The van der Waals surface area contributed by atoms with Gasteiger partial charge in [-0.1, -0.05) is 0 Å².